The van der Waals surface area contributed by atoms with Crippen LogP contribution in [0.4, 0.5) is 0 Å². The standard InChI is InChI=1S/C14H23N3/c1-13-11-16-6-2-9-17(12-13)10-5-14-3-7-15-8-4-14/h3-4,7-8,13,16H,2,5-6,9-12H2,1H3. The molecule has 0 radical (unpaired) electrons. The summed E-state index contributed by atoms with van der Waals surface area (Å²) in [7, 11) is 0. The molecule has 1 aliphatic rings. The maximum Gasteiger partial charge on any atom is 0.0270 e. The number of nitrogens with one attached hydrogen (secondary N) is 1. The van der Waals surface area contributed by atoms with Crippen molar-refractivity contribution in [1.82, 2.24) is 15.2 Å². The fraction of sp³-hybridized carbons (Fsp3) is 0.643. The molecule has 1 unspecified atom stereocenters. The summed E-state index contributed by atoms with van der Waals surface area (Å²) < 4.78 is 0. The van der Waals surface area contributed by atoms with Crippen molar-refractivity contribution >= 4 is 0 Å². The van der Waals surface area contributed by atoms with E-state index in [4.69, 9.17) is 0 Å². The molecule has 17 heavy (non-hydrogen) atoms. The first kappa shape index (κ1) is 12.5. The molecule has 0 spiro atoms. The smallest absolute Gasteiger partial charge is 0.0270 e. The third-order valence-electron chi connectivity index (χ3n) is 3.36. The normalized spacial score (nSPS) is 23.0. The molecule has 1 atom stereocenters. The lowest BCUT2D eigenvalue weighted by Crippen LogP contribution is -2.39. The van der Waals surface area contributed by atoms with E-state index in [-0.39, 0.29) is 0 Å². The van der Waals surface area contributed by atoms with Crippen LogP contribution in [-0.4, -0.2) is 42.6 Å². The summed E-state index contributed by atoms with van der Waals surface area (Å²) in [6.45, 7) is 8.27. The molecule has 1 aromatic heterocycles. The Morgan fingerprint density at radius 3 is 3.06 bits per heavy atom. The van der Waals surface area contributed by atoms with Crippen LogP contribution in [0.2, 0.25) is 0 Å². The highest BCUT2D eigenvalue weighted by atomic mass is 15.1. The molecule has 2 rings (SSSR count). The summed E-state index contributed by atoms with van der Waals surface area (Å²) in [6, 6.07) is 4.24. The predicted molar refractivity (Wildman–Crippen MR) is 71.0 cm³/mol. The number of nitrogens with zero attached hydrogens (tertiary/aromatic N) is 2. The topological polar surface area (TPSA) is 28.2 Å². The lowest BCUT2D eigenvalue weighted by Gasteiger charge is -2.28. The van der Waals surface area contributed by atoms with Gasteiger partial charge in [0.15, 0.2) is 0 Å². The van der Waals surface area contributed by atoms with Crippen LogP contribution in [0.3, 0.4) is 0 Å². The zero-order valence-corrected chi connectivity index (χ0v) is 10.7. The van der Waals surface area contributed by atoms with Crippen LogP contribution >= 0.6 is 0 Å². The number of hydrogen-bond acceptors (Lipinski definition) is 3. The second-order valence-electron chi connectivity index (χ2n) is 5.07. The van der Waals surface area contributed by atoms with E-state index in [0.29, 0.717) is 0 Å². The molecule has 1 fully saturated rings. The molecule has 0 saturated carbocycles. The molecule has 0 bridgehead atoms. The Labute approximate surface area is 104 Å². The van der Waals surface area contributed by atoms with E-state index in [0.717, 1.165) is 25.4 Å². The average Bonchev–Trinajstić information content (AvgIpc) is 2.33. The van der Waals surface area contributed by atoms with Crippen molar-refractivity contribution in [3.8, 4) is 0 Å². The summed E-state index contributed by atoms with van der Waals surface area (Å²) in [5, 5.41) is 3.50. The van der Waals surface area contributed by atoms with Crippen LogP contribution in [0.5, 0.6) is 0 Å². The number of aromatic nitrogens is 1. The highest BCUT2D eigenvalue weighted by Gasteiger charge is 2.12. The van der Waals surface area contributed by atoms with E-state index in [1.807, 2.05) is 12.4 Å². The zero-order valence-electron chi connectivity index (χ0n) is 10.7. The van der Waals surface area contributed by atoms with E-state index < -0.39 is 0 Å². The van der Waals surface area contributed by atoms with Gasteiger partial charge in [-0.1, -0.05) is 6.92 Å². The third-order valence-corrected chi connectivity index (χ3v) is 3.36. The number of hydrogen-bond donors (Lipinski definition) is 1. The zero-order chi connectivity index (χ0) is 11.9. The Kier molecular flexibility index (Phi) is 4.95. The molecule has 0 aromatic carbocycles. The van der Waals surface area contributed by atoms with Crippen molar-refractivity contribution in [3.63, 3.8) is 0 Å². The summed E-state index contributed by atoms with van der Waals surface area (Å²) in [6.07, 6.45) is 6.18. The first-order valence-corrected chi connectivity index (χ1v) is 6.66. The third kappa shape index (κ3) is 4.44. The van der Waals surface area contributed by atoms with E-state index in [1.165, 1.54) is 31.6 Å². The van der Waals surface area contributed by atoms with Crippen LogP contribution in [0, 0.1) is 5.92 Å². The maximum absolute atomic E-state index is 4.06. The van der Waals surface area contributed by atoms with Crippen LogP contribution in [0.1, 0.15) is 18.9 Å². The Morgan fingerprint density at radius 1 is 1.41 bits per heavy atom. The summed E-state index contributed by atoms with van der Waals surface area (Å²) in [5.74, 6) is 0.757. The number of rotatable bonds is 3. The molecule has 0 amide bonds. The highest BCUT2D eigenvalue weighted by Crippen LogP contribution is 2.06. The molecular formula is C14H23N3. The minimum absolute atomic E-state index is 0.757. The quantitative estimate of drug-likeness (QED) is 0.858. The van der Waals surface area contributed by atoms with Crippen LogP contribution in [0.15, 0.2) is 24.5 Å². The van der Waals surface area contributed by atoms with Gasteiger partial charge in [-0.2, -0.15) is 0 Å². The van der Waals surface area contributed by atoms with Gasteiger partial charge in [-0.05, 0) is 56.1 Å². The van der Waals surface area contributed by atoms with Gasteiger partial charge in [-0.3, -0.25) is 4.98 Å². The first-order chi connectivity index (χ1) is 8.34. The summed E-state index contributed by atoms with van der Waals surface area (Å²) in [4.78, 5) is 6.66. The Balaban J connectivity index is 1.80. The van der Waals surface area contributed by atoms with Gasteiger partial charge in [-0.15, -0.1) is 0 Å². The molecule has 3 nitrogen and oxygen atoms in total. The average molecular weight is 233 g/mol. The molecule has 1 aromatic rings. The van der Waals surface area contributed by atoms with E-state index >= 15 is 0 Å². The Morgan fingerprint density at radius 2 is 2.24 bits per heavy atom. The Bertz CT molecular complexity index is 313. The molecule has 1 aliphatic heterocycles. The van der Waals surface area contributed by atoms with Gasteiger partial charge in [0.1, 0.15) is 0 Å². The van der Waals surface area contributed by atoms with Crippen molar-refractivity contribution in [2.24, 2.45) is 5.92 Å². The van der Waals surface area contributed by atoms with Crippen molar-refractivity contribution in [3.05, 3.63) is 30.1 Å². The molecular weight excluding hydrogens is 210 g/mol. The van der Waals surface area contributed by atoms with Gasteiger partial charge in [0.25, 0.3) is 0 Å². The van der Waals surface area contributed by atoms with Gasteiger partial charge >= 0.3 is 0 Å². The van der Waals surface area contributed by atoms with E-state index in [2.05, 4.69) is 34.3 Å². The van der Waals surface area contributed by atoms with Crippen LogP contribution < -0.4 is 5.32 Å². The summed E-state index contributed by atoms with van der Waals surface area (Å²) in [5.41, 5.74) is 1.40. The molecule has 3 heteroatoms. The first-order valence-electron chi connectivity index (χ1n) is 6.66. The van der Waals surface area contributed by atoms with Crippen LogP contribution in [-0.2, 0) is 6.42 Å². The van der Waals surface area contributed by atoms with Crippen molar-refractivity contribution in [2.45, 2.75) is 19.8 Å². The minimum atomic E-state index is 0.757. The van der Waals surface area contributed by atoms with Crippen molar-refractivity contribution < 1.29 is 0 Å². The molecule has 1 saturated heterocycles. The van der Waals surface area contributed by atoms with Gasteiger partial charge in [0, 0.05) is 25.5 Å². The SMILES string of the molecule is CC1CNCCCN(CCc2ccncc2)C1. The molecule has 2 heterocycles. The largest absolute Gasteiger partial charge is 0.316 e. The van der Waals surface area contributed by atoms with Gasteiger partial charge in [0.2, 0.25) is 0 Å². The second-order valence-corrected chi connectivity index (χ2v) is 5.07. The predicted octanol–water partition coefficient (Wildman–Crippen LogP) is 1.56. The fourth-order valence-electron chi connectivity index (χ4n) is 2.41. The lowest BCUT2D eigenvalue weighted by atomic mass is 10.1. The highest BCUT2D eigenvalue weighted by molar-refractivity contribution is 5.09. The maximum atomic E-state index is 4.06. The van der Waals surface area contributed by atoms with Gasteiger partial charge < -0.3 is 10.2 Å². The molecule has 0 aliphatic carbocycles. The van der Waals surface area contributed by atoms with Gasteiger partial charge in [0.05, 0.1) is 0 Å². The molecule has 94 valence electrons. The molecule has 1 N–H and O–H groups in total. The minimum Gasteiger partial charge on any atom is -0.316 e. The second kappa shape index (κ2) is 6.72. The van der Waals surface area contributed by atoms with Crippen molar-refractivity contribution in [2.75, 3.05) is 32.7 Å². The van der Waals surface area contributed by atoms with E-state index in [9.17, 15) is 0 Å². The van der Waals surface area contributed by atoms with Crippen LogP contribution in [0.25, 0.3) is 0 Å². The van der Waals surface area contributed by atoms with E-state index in [1.54, 1.807) is 0 Å². The van der Waals surface area contributed by atoms with Gasteiger partial charge in [-0.25, -0.2) is 0 Å². The Hall–Kier alpha value is -0.930. The van der Waals surface area contributed by atoms with Crippen molar-refractivity contribution in [1.29, 1.82) is 0 Å². The summed E-state index contributed by atoms with van der Waals surface area (Å²) >= 11 is 0. The fourth-order valence-corrected chi connectivity index (χ4v) is 2.41. The monoisotopic (exact) mass is 233 g/mol. The lowest BCUT2D eigenvalue weighted by molar-refractivity contribution is 0.218. The number of pyridine rings is 1.